The summed E-state index contributed by atoms with van der Waals surface area (Å²) in [5.74, 6) is 0.862. The summed E-state index contributed by atoms with van der Waals surface area (Å²) in [5.41, 5.74) is 2.56. The molecule has 0 spiro atoms. The zero-order valence-electron chi connectivity index (χ0n) is 17.7. The largest absolute Gasteiger partial charge is 0.496 e. The second-order valence-corrected chi connectivity index (χ2v) is 8.13. The molecule has 3 rings (SSSR count). The fourth-order valence-corrected chi connectivity index (χ4v) is 3.44. The van der Waals surface area contributed by atoms with E-state index in [1.165, 1.54) is 5.56 Å². The maximum absolute atomic E-state index is 12.4. The van der Waals surface area contributed by atoms with E-state index >= 15 is 0 Å². The fourth-order valence-electron chi connectivity index (χ4n) is 3.44. The van der Waals surface area contributed by atoms with Crippen molar-refractivity contribution in [2.24, 2.45) is 0 Å². The third-order valence-corrected chi connectivity index (χ3v) is 4.82. The number of hydrogen-bond donors (Lipinski definition) is 1. The van der Waals surface area contributed by atoms with Gasteiger partial charge in [0.05, 0.1) is 12.5 Å². The van der Waals surface area contributed by atoms with Crippen molar-refractivity contribution < 1.29 is 14.3 Å². The highest BCUT2D eigenvalue weighted by Crippen LogP contribution is 2.37. The molecular weight excluding hydrogens is 366 g/mol. The van der Waals surface area contributed by atoms with Gasteiger partial charge in [-0.25, -0.2) is 9.78 Å². The summed E-state index contributed by atoms with van der Waals surface area (Å²) in [6.45, 7) is 6.17. The molecule has 0 radical (unpaired) electrons. The molecule has 6 heteroatoms. The number of amides is 1. The Labute approximate surface area is 171 Å². The van der Waals surface area contributed by atoms with Gasteiger partial charge in [-0.15, -0.1) is 0 Å². The molecule has 29 heavy (non-hydrogen) atoms. The van der Waals surface area contributed by atoms with E-state index in [1.54, 1.807) is 25.3 Å². The van der Waals surface area contributed by atoms with Gasteiger partial charge in [-0.05, 0) is 44.4 Å². The Kier molecular flexibility index (Phi) is 6.11. The van der Waals surface area contributed by atoms with E-state index in [1.807, 2.05) is 51.2 Å². The van der Waals surface area contributed by atoms with Gasteiger partial charge in [0.15, 0.2) is 0 Å². The van der Waals surface area contributed by atoms with Gasteiger partial charge in [-0.2, -0.15) is 0 Å². The summed E-state index contributed by atoms with van der Waals surface area (Å²) in [7, 11) is 3.44. The first-order chi connectivity index (χ1) is 13.8. The van der Waals surface area contributed by atoms with Crippen LogP contribution >= 0.6 is 0 Å². The van der Waals surface area contributed by atoms with Gasteiger partial charge in [0.2, 0.25) is 0 Å². The van der Waals surface area contributed by atoms with Crippen LogP contribution in [0, 0.1) is 0 Å². The van der Waals surface area contributed by atoms with Crippen LogP contribution in [0.25, 0.3) is 11.0 Å². The summed E-state index contributed by atoms with van der Waals surface area (Å²) in [4.78, 5) is 21.7. The van der Waals surface area contributed by atoms with Crippen molar-refractivity contribution in [3.05, 3.63) is 59.9 Å². The molecule has 3 aromatic rings. The molecule has 154 valence electrons. The lowest BCUT2D eigenvalue weighted by Crippen LogP contribution is -2.35. The summed E-state index contributed by atoms with van der Waals surface area (Å²) in [6, 6.07) is 12.2. The first kappa shape index (κ1) is 20.7. The maximum atomic E-state index is 12.4. The van der Waals surface area contributed by atoms with Crippen LogP contribution in [0.2, 0.25) is 0 Å². The van der Waals surface area contributed by atoms with Gasteiger partial charge >= 0.3 is 6.09 Å². The molecule has 1 N–H and O–H groups in total. The number of carbonyl (C=O) groups is 1. The highest BCUT2D eigenvalue weighted by Gasteiger charge is 2.24. The number of carbonyl (C=O) groups excluding carboxylic acids is 1. The number of aromatic nitrogens is 2. The number of H-pyrrole nitrogens is 1. The van der Waals surface area contributed by atoms with E-state index in [0.717, 1.165) is 28.8 Å². The lowest BCUT2D eigenvalue weighted by atomic mass is 9.88. The number of fused-ring (bicyclic) bond motifs is 1. The van der Waals surface area contributed by atoms with Crippen LogP contribution in [0.15, 0.2) is 48.8 Å². The van der Waals surface area contributed by atoms with E-state index < -0.39 is 5.60 Å². The Hall–Kier alpha value is -3.02. The standard InChI is InChI=1S/C23H29N3O3/c1-23(2,3)29-22(27)26(4)14-12-17(16-9-7-6-8-10-16)18-15-25-21-20(18)19(28-5)11-13-24-21/h6-11,13,15,17H,12,14H2,1-5H3,(H,24,25)/t17-/m1/s1. The number of benzene rings is 1. The van der Waals surface area contributed by atoms with Crippen molar-refractivity contribution in [1.29, 1.82) is 0 Å². The van der Waals surface area contributed by atoms with Crippen LogP contribution in [0.4, 0.5) is 4.79 Å². The SMILES string of the molecule is COc1ccnc2[nH]cc([C@H](CCN(C)C(=O)OC(C)(C)C)c3ccccc3)c12. The van der Waals surface area contributed by atoms with Crippen molar-refractivity contribution in [3.63, 3.8) is 0 Å². The highest BCUT2D eigenvalue weighted by atomic mass is 16.6. The molecule has 0 saturated heterocycles. The second kappa shape index (κ2) is 8.55. The van der Waals surface area contributed by atoms with Crippen molar-refractivity contribution in [2.75, 3.05) is 20.7 Å². The number of nitrogens with one attached hydrogen (secondary N) is 1. The van der Waals surface area contributed by atoms with Crippen LogP contribution in [0.5, 0.6) is 5.75 Å². The predicted octanol–water partition coefficient (Wildman–Crippen LogP) is 4.96. The van der Waals surface area contributed by atoms with Crippen LogP contribution in [0.3, 0.4) is 0 Å². The highest BCUT2D eigenvalue weighted by molar-refractivity contribution is 5.87. The normalized spacial score (nSPS) is 12.6. The van der Waals surface area contributed by atoms with Crippen LogP contribution in [-0.2, 0) is 4.74 Å². The number of hydrogen-bond acceptors (Lipinski definition) is 4. The molecule has 2 heterocycles. The quantitative estimate of drug-likeness (QED) is 0.640. The Morgan fingerprint density at radius 1 is 1.21 bits per heavy atom. The molecule has 6 nitrogen and oxygen atoms in total. The monoisotopic (exact) mass is 395 g/mol. The maximum Gasteiger partial charge on any atom is 0.410 e. The molecule has 0 fully saturated rings. The minimum Gasteiger partial charge on any atom is -0.496 e. The van der Waals surface area contributed by atoms with Crippen molar-refractivity contribution in [1.82, 2.24) is 14.9 Å². The first-order valence-electron chi connectivity index (χ1n) is 9.79. The van der Waals surface area contributed by atoms with Crippen molar-refractivity contribution >= 4 is 17.1 Å². The number of methoxy groups -OCH3 is 1. The average Bonchev–Trinajstić information content (AvgIpc) is 3.11. The van der Waals surface area contributed by atoms with Gasteiger partial charge in [-0.3, -0.25) is 0 Å². The third kappa shape index (κ3) is 4.88. The molecule has 0 aliphatic carbocycles. The molecule has 1 amide bonds. The number of pyridine rings is 1. The molecule has 1 atom stereocenters. The van der Waals surface area contributed by atoms with Crippen molar-refractivity contribution in [3.8, 4) is 5.75 Å². The zero-order valence-corrected chi connectivity index (χ0v) is 17.7. The average molecular weight is 396 g/mol. The minimum absolute atomic E-state index is 0.0768. The molecular formula is C23H29N3O3. The smallest absolute Gasteiger partial charge is 0.410 e. The first-order valence-corrected chi connectivity index (χ1v) is 9.79. The van der Waals surface area contributed by atoms with E-state index in [4.69, 9.17) is 9.47 Å². The molecule has 2 aromatic heterocycles. The number of rotatable bonds is 6. The Morgan fingerprint density at radius 3 is 2.59 bits per heavy atom. The van der Waals surface area contributed by atoms with Crippen molar-refractivity contribution in [2.45, 2.75) is 38.7 Å². The van der Waals surface area contributed by atoms with E-state index in [9.17, 15) is 4.79 Å². The fraction of sp³-hybridized carbons (Fsp3) is 0.391. The predicted molar refractivity (Wildman–Crippen MR) is 114 cm³/mol. The molecule has 1 aromatic carbocycles. The summed E-state index contributed by atoms with van der Waals surface area (Å²) in [6.07, 6.45) is 4.15. The van der Waals surface area contributed by atoms with E-state index in [0.29, 0.717) is 6.54 Å². The van der Waals surface area contributed by atoms with Crippen LogP contribution in [-0.4, -0.2) is 47.3 Å². The topological polar surface area (TPSA) is 67.5 Å². The lowest BCUT2D eigenvalue weighted by molar-refractivity contribution is 0.0295. The van der Waals surface area contributed by atoms with Crippen LogP contribution in [0.1, 0.15) is 44.2 Å². The van der Waals surface area contributed by atoms with Gasteiger partial charge in [0.25, 0.3) is 0 Å². The minimum atomic E-state index is -0.514. The van der Waals surface area contributed by atoms with Gasteiger partial charge in [-0.1, -0.05) is 30.3 Å². The summed E-state index contributed by atoms with van der Waals surface area (Å²) >= 11 is 0. The number of ether oxygens (including phenoxy) is 2. The van der Waals surface area contributed by atoms with E-state index in [-0.39, 0.29) is 12.0 Å². The Morgan fingerprint density at radius 2 is 1.93 bits per heavy atom. The van der Waals surface area contributed by atoms with Gasteiger partial charge in [0, 0.05) is 31.9 Å². The Bertz CT molecular complexity index is 960. The molecule has 0 unspecified atom stereocenters. The molecule has 0 saturated carbocycles. The second-order valence-electron chi connectivity index (χ2n) is 8.13. The molecule has 0 aliphatic heterocycles. The Balaban J connectivity index is 1.91. The van der Waals surface area contributed by atoms with Crippen LogP contribution < -0.4 is 4.74 Å². The lowest BCUT2D eigenvalue weighted by Gasteiger charge is -2.26. The van der Waals surface area contributed by atoms with E-state index in [2.05, 4.69) is 22.1 Å². The number of aromatic amines is 1. The zero-order chi connectivity index (χ0) is 21.0. The van der Waals surface area contributed by atoms with Gasteiger partial charge in [0.1, 0.15) is 17.0 Å². The van der Waals surface area contributed by atoms with Gasteiger partial charge < -0.3 is 19.4 Å². The molecule has 0 bridgehead atoms. The number of nitrogens with zero attached hydrogens (tertiary/aromatic N) is 2. The molecule has 0 aliphatic rings. The summed E-state index contributed by atoms with van der Waals surface area (Å²) in [5, 5.41) is 0.976. The summed E-state index contributed by atoms with van der Waals surface area (Å²) < 4.78 is 11.1. The third-order valence-electron chi connectivity index (χ3n) is 4.82.